The van der Waals surface area contributed by atoms with E-state index in [2.05, 4.69) is 0 Å². The van der Waals surface area contributed by atoms with Crippen molar-refractivity contribution in [1.29, 1.82) is 0 Å². The lowest BCUT2D eigenvalue weighted by Crippen LogP contribution is -2.49. The molecule has 0 unspecified atom stereocenters. The van der Waals surface area contributed by atoms with Gasteiger partial charge in [-0.15, -0.1) is 0 Å². The summed E-state index contributed by atoms with van der Waals surface area (Å²) in [5.74, 6) is -0.561. The van der Waals surface area contributed by atoms with E-state index >= 15 is 0 Å². The van der Waals surface area contributed by atoms with Gasteiger partial charge in [0.2, 0.25) is 10.0 Å². The molecule has 1 N–H and O–H groups in total. The lowest BCUT2D eigenvalue weighted by atomic mass is 10.2. The third-order valence-corrected chi connectivity index (χ3v) is 7.51. The van der Waals surface area contributed by atoms with Crippen molar-refractivity contribution in [2.45, 2.75) is 24.9 Å². The minimum absolute atomic E-state index is 0.0526. The number of aryl methyl sites for hydroxylation is 1. The maximum Gasteiger partial charge on any atom is 0.350 e. The molecule has 3 heterocycles. The Bertz CT molecular complexity index is 1270. The average Bonchev–Trinajstić information content (AvgIpc) is 2.78. The van der Waals surface area contributed by atoms with Gasteiger partial charge in [-0.3, -0.25) is 4.90 Å². The first kappa shape index (κ1) is 21.4. The van der Waals surface area contributed by atoms with Crippen LogP contribution < -0.4 is 10.1 Å². The Labute approximate surface area is 179 Å². The molecule has 31 heavy (non-hydrogen) atoms. The molecule has 10 heteroatoms. The first-order valence-electron chi connectivity index (χ1n) is 10.1. The topological polar surface area (TPSA) is 86.2 Å². The van der Waals surface area contributed by atoms with Crippen molar-refractivity contribution >= 4 is 15.7 Å². The van der Waals surface area contributed by atoms with Gasteiger partial charge >= 0.3 is 5.56 Å². The molecule has 0 aliphatic carbocycles. The number of pyridine rings is 1. The van der Waals surface area contributed by atoms with Gasteiger partial charge in [0.1, 0.15) is 11.4 Å². The summed E-state index contributed by atoms with van der Waals surface area (Å²) in [4.78, 5) is 15.0. The number of piperazine rings is 1. The van der Waals surface area contributed by atoms with Crippen LogP contribution in [-0.4, -0.2) is 53.3 Å². The van der Waals surface area contributed by atoms with Crippen LogP contribution in [0.3, 0.4) is 0 Å². The van der Waals surface area contributed by atoms with E-state index in [0.717, 1.165) is 12.1 Å². The van der Waals surface area contributed by atoms with Gasteiger partial charge in [0.25, 0.3) is 11.5 Å². The van der Waals surface area contributed by atoms with Crippen molar-refractivity contribution in [3.8, 4) is 5.88 Å². The van der Waals surface area contributed by atoms with Crippen LogP contribution in [0.4, 0.5) is 4.39 Å². The van der Waals surface area contributed by atoms with Gasteiger partial charge in [-0.2, -0.15) is 13.3 Å². The Morgan fingerprint density at radius 3 is 2.39 bits per heavy atom. The predicted octanol–water partition coefficient (Wildman–Crippen LogP) is 0.958. The number of hydrogen-bond donors (Lipinski definition) is 1. The second-order valence-corrected chi connectivity index (χ2v) is 9.35. The fourth-order valence-corrected chi connectivity index (χ4v) is 5.32. The predicted molar refractivity (Wildman–Crippen MR) is 112 cm³/mol. The van der Waals surface area contributed by atoms with E-state index in [1.807, 2.05) is 11.8 Å². The summed E-state index contributed by atoms with van der Waals surface area (Å²) in [7, 11) is -3.71. The summed E-state index contributed by atoms with van der Waals surface area (Å²) in [5.41, 5.74) is 0.589. The molecular formula is C21H24FN4O4S+. The van der Waals surface area contributed by atoms with Crippen LogP contribution in [0, 0.1) is 5.82 Å². The highest BCUT2D eigenvalue weighted by molar-refractivity contribution is 7.89. The normalized spacial score (nSPS) is 16.1. The molecular weight excluding hydrogens is 423 g/mol. The Kier molecular flexibility index (Phi) is 5.78. The van der Waals surface area contributed by atoms with Crippen LogP contribution in [0.15, 0.2) is 58.4 Å². The van der Waals surface area contributed by atoms with Crippen molar-refractivity contribution in [3.63, 3.8) is 0 Å². The SMILES string of the molecule is CC[n+]1c(O)c(CN2CCN(S(=O)(=O)c3ccc(F)cc3)CC2)c(=O)n2ccccc21. The van der Waals surface area contributed by atoms with Gasteiger partial charge in [-0.05, 0) is 37.3 Å². The van der Waals surface area contributed by atoms with Crippen molar-refractivity contribution in [1.82, 2.24) is 13.6 Å². The number of aromatic nitrogens is 2. The van der Waals surface area contributed by atoms with Crippen molar-refractivity contribution in [2.24, 2.45) is 0 Å². The zero-order valence-corrected chi connectivity index (χ0v) is 17.9. The Morgan fingerprint density at radius 1 is 1.06 bits per heavy atom. The summed E-state index contributed by atoms with van der Waals surface area (Å²) >= 11 is 0. The average molecular weight is 448 g/mol. The molecule has 1 fully saturated rings. The molecule has 0 bridgehead atoms. The summed E-state index contributed by atoms with van der Waals surface area (Å²) < 4.78 is 43.2. The summed E-state index contributed by atoms with van der Waals surface area (Å²) in [6.07, 6.45) is 1.67. The first-order valence-corrected chi connectivity index (χ1v) is 11.5. The molecule has 164 valence electrons. The van der Waals surface area contributed by atoms with E-state index in [4.69, 9.17) is 0 Å². The molecule has 0 saturated carbocycles. The highest BCUT2D eigenvalue weighted by Gasteiger charge is 2.30. The molecule has 0 spiro atoms. The summed E-state index contributed by atoms with van der Waals surface area (Å²) in [5, 5.41) is 10.7. The van der Waals surface area contributed by atoms with Gasteiger partial charge in [0.15, 0.2) is 0 Å². The highest BCUT2D eigenvalue weighted by Crippen LogP contribution is 2.19. The zero-order chi connectivity index (χ0) is 22.2. The number of sulfonamides is 1. The molecule has 1 saturated heterocycles. The maximum atomic E-state index is 13.1. The van der Waals surface area contributed by atoms with E-state index in [-0.39, 0.29) is 41.5 Å². The molecule has 1 aliphatic heterocycles. The largest absolute Gasteiger partial charge is 0.477 e. The van der Waals surface area contributed by atoms with Crippen LogP contribution in [-0.2, 0) is 23.1 Å². The van der Waals surface area contributed by atoms with E-state index < -0.39 is 15.8 Å². The van der Waals surface area contributed by atoms with Crippen LogP contribution in [0.2, 0.25) is 0 Å². The molecule has 3 aromatic rings. The Hall–Kier alpha value is -2.82. The number of halogens is 1. The third kappa shape index (κ3) is 3.93. The van der Waals surface area contributed by atoms with Crippen LogP contribution in [0.1, 0.15) is 12.5 Å². The molecule has 8 nitrogen and oxygen atoms in total. The third-order valence-electron chi connectivity index (χ3n) is 5.60. The van der Waals surface area contributed by atoms with Crippen LogP contribution >= 0.6 is 0 Å². The second-order valence-electron chi connectivity index (χ2n) is 7.41. The quantitative estimate of drug-likeness (QED) is 0.589. The molecule has 4 rings (SSSR count). The molecule has 0 atom stereocenters. The minimum Gasteiger partial charge on any atom is -0.477 e. The van der Waals surface area contributed by atoms with Crippen molar-refractivity contribution < 1.29 is 22.5 Å². The maximum absolute atomic E-state index is 13.1. The van der Waals surface area contributed by atoms with E-state index in [1.54, 1.807) is 29.0 Å². The molecule has 1 aliphatic rings. The molecule has 1 aromatic carbocycles. The number of rotatable bonds is 5. The monoisotopic (exact) mass is 447 g/mol. The molecule has 2 aromatic heterocycles. The molecule has 0 amide bonds. The number of fused-ring (bicyclic) bond motifs is 1. The van der Waals surface area contributed by atoms with Crippen LogP contribution in [0.25, 0.3) is 5.65 Å². The Morgan fingerprint density at radius 2 is 1.74 bits per heavy atom. The van der Waals surface area contributed by atoms with Gasteiger partial charge in [-0.25, -0.2) is 17.6 Å². The van der Waals surface area contributed by atoms with E-state index in [0.29, 0.717) is 25.3 Å². The van der Waals surface area contributed by atoms with Crippen LogP contribution in [0.5, 0.6) is 5.88 Å². The summed E-state index contributed by atoms with van der Waals surface area (Å²) in [6, 6.07) is 10.1. The minimum atomic E-state index is -3.71. The summed E-state index contributed by atoms with van der Waals surface area (Å²) in [6.45, 7) is 3.89. The lowest BCUT2D eigenvalue weighted by molar-refractivity contribution is -0.678. The van der Waals surface area contributed by atoms with Gasteiger partial charge < -0.3 is 5.11 Å². The van der Waals surface area contributed by atoms with Gasteiger partial charge in [0, 0.05) is 38.8 Å². The molecule has 0 radical (unpaired) electrons. The smallest absolute Gasteiger partial charge is 0.350 e. The standard InChI is InChI=1S/C21H23FN4O4S/c1-2-25-19-5-3-4-10-26(19)21(28)18(20(25)27)15-23-11-13-24(14-12-23)31(29,30)17-8-6-16(22)7-9-17/h3-10H,2,11-15H2,1H3/p+1. The highest BCUT2D eigenvalue weighted by atomic mass is 32.2. The second kappa shape index (κ2) is 8.37. The van der Waals surface area contributed by atoms with Crippen molar-refractivity contribution in [3.05, 3.63) is 70.4 Å². The van der Waals surface area contributed by atoms with Crippen molar-refractivity contribution in [2.75, 3.05) is 26.2 Å². The fourth-order valence-electron chi connectivity index (χ4n) is 3.90. The first-order chi connectivity index (χ1) is 14.8. The fraction of sp³-hybridized carbons (Fsp3) is 0.333. The van der Waals surface area contributed by atoms with E-state index in [9.17, 15) is 22.7 Å². The number of hydrogen-bond acceptors (Lipinski definition) is 5. The van der Waals surface area contributed by atoms with E-state index in [1.165, 1.54) is 20.8 Å². The zero-order valence-electron chi connectivity index (χ0n) is 17.1. The number of benzene rings is 1. The lowest BCUT2D eigenvalue weighted by Gasteiger charge is -2.33. The Balaban J connectivity index is 1.54. The number of nitrogens with zero attached hydrogens (tertiary/aromatic N) is 4. The van der Waals surface area contributed by atoms with Gasteiger partial charge in [-0.1, -0.05) is 6.07 Å². The van der Waals surface area contributed by atoms with Gasteiger partial charge in [0.05, 0.1) is 17.6 Å². The number of aromatic hydroxyl groups is 1.